The molecule has 2 N–H and O–H groups in total. The normalized spacial score (nSPS) is 11.0. The smallest absolute Gasteiger partial charge is 0.125 e. The minimum absolute atomic E-state index is 0.344. The van der Waals surface area contributed by atoms with Gasteiger partial charge >= 0.3 is 0 Å². The molecule has 4 heteroatoms. The van der Waals surface area contributed by atoms with E-state index >= 15 is 0 Å². The lowest BCUT2D eigenvalue weighted by atomic mass is 9.92. The van der Waals surface area contributed by atoms with Crippen molar-refractivity contribution in [3.05, 3.63) is 28.8 Å². The number of ether oxygens (including phenoxy) is 1. The fourth-order valence-corrected chi connectivity index (χ4v) is 1.59. The number of rotatable bonds is 5. The highest BCUT2D eigenvalue weighted by Crippen LogP contribution is 2.27. The Bertz CT molecular complexity index is 424. The molecule has 0 radical (unpaired) electrons. The molecule has 0 aliphatic rings. The molecule has 3 nitrogen and oxygen atoms in total. The van der Waals surface area contributed by atoms with Gasteiger partial charge in [0.25, 0.3) is 0 Å². The second-order valence-corrected chi connectivity index (χ2v) is 4.92. The lowest BCUT2D eigenvalue weighted by Gasteiger charge is -2.16. The zero-order valence-electron chi connectivity index (χ0n) is 10.2. The van der Waals surface area contributed by atoms with Crippen LogP contribution in [0.5, 0.6) is 5.75 Å². The summed E-state index contributed by atoms with van der Waals surface area (Å²) in [6, 6.07) is 7.69. The van der Waals surface area contributed by atoms with Crippen molar-refractivity contribution in [3.8, 4) is 11.8 Å². The molecule has 0 fully saturated rings. The largest absolute Gasteiger partial charge is 0.493 e. The summed E-state index contributed by atoms with van der Waals surface area (Å²) in [5.74, 6) is 0.703. The van der Waals surface area contributed by atoms with Gasteiger partial charge in [0, 0.05) is 17.1 Å². The van der Waals surface area contributed by atoms with Crippen molar-refractivity contribution in [1.29, 1.82) is 5.26 Å². The van der Waals surface area contributed by atoms with Crippen LogP contribution in [0.25, 0.3) is 0 Å². The maximum absolute atomic E-state index is 8.89. The van der Waals surface area contributed by atoms with Crippen LogP contribution in [0, 0.1) is 16.7 Å². The van der Waals surface area contributed by atoms with Gasteiger partial charge in [-0.25, -0.2) is 0 Å². The van der Waals surface area contributed by atoms with Crippen molar-refractivity contribution < 1.29 is 4.74 Å². The molecule has 92 valence electrons. The SMILES string of the molecule is CC(C)(C#N)CCOc1cccc(Cl)c1CN. The van der Waals surface area contributed by atoms with E-state index in [1.807, 2.05) is 26.0 Å². The van der Waals surface area contributed by atoms with Crippen LogP contribution in [0.2, 0.25) is 5.02 Å². The Balaban J connectivity index is 2.65. The summed E-state index contributed by atoms with van der Waals surface area (Å²) < 4.78 is 5.63. The van der Waals surface area contributed by atoms with Crippen LogP contribution in [-0.4, -0.2) is 6.61 Å². The molecule has 0 spiro atoms. The maximum atomic E-state index is 8.89. The molecule has 0 aliphatic heterocycles. The number of nitriles is 1. The van der Waals surface area contributed by atoms with Gasteiger partial charge in [-0.1, -0.05) is 17.7 Å². The average molecular weight is 253 g/mol. The van der Waals surface area contributed by atoms with Crippen molar-refractivity contribution in [1.82, 2.24) is 0 Å². The molecule has 17 heavy (non-hydrogen) atoms. The first kappa shape index (κ1) is 13.8. The Morgan fingerprint density at radius 1 is 1.47 bits per heavy atom. The monoisotopic (exact) mass is 252 g/mol. The van der Waals surface area contributed by atoms with Crippen LogP contribution in [0.1, 0.15) is 25.8 Å². The molecule has 0 saturated carbocycles. The van der Waals surface area contributed by atoms with Gasteiger partial charge in [-0.2, -0.15) is 5.26 Å². The van der Waals surface area contributed by atoms with Crippen molar-refractivity contribution >= 4 is 11.6 Å². The zero-order chi connectivity index (χ0) is 12.9. The van der Waals surface area contributed by atoms with Crippen molar-refractivity contribution in [2.75, 3.05) is 6.61 Å². The molecule has 0 bridgehead atoms. The molecular weight excluding hydrogens is 236 g/mol. The lowest BCUT2D eigenvalue weighted by Crippen LogP contribution is -2.14. The Kier molecular flexibility index (Phi) is 4.80. The summed E-state index contributed by atoms with van der Waals surface area (Å²) in [6.45, 7) is 4.60. The van der Waals surface area contributed by atoms with E-state index in [0.29, 0.717) is 30.3 Å². The average Bonchev–Trinajstić information content (AvgIpc) is 2.29. The summed E-state index contributed by atoms with van der Waals surface area (Å²) in [5.41, 5.74) is 6.05. The first-order valence-electron chi connectivity index (χ1n) is 5.51. The fraction of sp³-hybridized carbons (Fsp3) is 0.462. The van der Waals surface area contributed by atoms with E-state index in [2.05, 4.69) is 6.07 Å². The van der Waals surface area contributed by atoms with Crippen LogP contribution in [0.4, 0.5) is 0 Å². The van der Waals surface area contributed by atoms with E-state index < -0.39 is 0 Å². The van der Waals surface area contributed by atoms with Crippen LogP contribution in [0.15, 0.2) is 18.2 Å². The van der Waals surface area contributed by atoms with Gasteiger partial charge in [0.1, 0.15) is 5.75 Å². The number of hydrogen-bond donors (Lipinski definition) is 1. The number of nitrogens with two attached hydrogens (primary N) is 1. The third-order valence-corrected chi connectivity index (χ3v) is 2.92. The molecule has 0 aliphatic carbocycles. The molecular formula is C13H17ClN2O. The van der Waals surface area contributed by atoms with E-state index in [1.165, 1.54) is 0 Å². The zero-order valence-corrected chi connectivity index (χ0v) is 10.9. The molecule has 0 atom stereocenters. The molecule has 1 aromatic carbocycles. The van der Waals surface area contributed by atoms with Gasteiger partial charge < -0.3 is 10.5 Å². The van der Waals surface area contributed by atoms with Gasteiger partial charge in [-0.05, 0) is 32.4 Å². The predicted octanol–water partition coefficient (Wildman–Crippen LogP) is 3.12. The molecule has 1 rings (SSSR count). The fourth-order valence-electron chi connectivity index (χ4n) is 1.34. The number of halogens is 1. The molecule has 0 heterocycles. The standard InChI is InChI=1S/C13H17ClN2O/c1-13(2,9-16)6-7-17-12-5-3-4-11(14)10(12)8-15/h3-5H,6-8,15H2,1-2H3. The quantitative estimate of drug-likeness (QED) is 0.876. The summed E-state index contributed by atoms with van der Waals surface area (Å²) in [4.78, 5) is 0. The highest BCUT2D eigenvalue weighted by Gasteiger charge is 2.16. The second-order valence-electron chi connectivity index (χ2n) is 4.51. The lowest BCUT2D eigenvalue weighted by molar-refractivity contribution is 0.262. The van der Waals surface area contributed by atoms with Crippen LogP contribution >= 0.6 is 11.6 Å². The van der Waals surface area contributed by atoms with Gasteiger partial charge in [-0.3, -0.25) is 0 Å². The minimum atomic E-state index is -0.374. The van der Waals surface area contributed by atoms with Gasteiger partial charge in [0.2, 0.25) is 0 Å². The highest BCUT2D eigenvalue weighted by molar-refractivity contribution is 6.31. The summed E-state index contributed by atoms with van der Waals surface area (Å²) in [7, 11) is 0. The molecule has 1 aromatic rings. The number of hydrogen-bond acceptors (Lipinski definition) is 3. The van der Waals surface area contributed by atoms with Crippen molar-refractivity contribution in [2.24, 2.45) is 11.1 Å². The first-order valence-corrected chi connectivity index (χ1v) is 5.89. The molecule has 0 amide bonds. The summed E-state index contributed by atoms with van der Waals surface area (Å²) in [6.07, 6.45) is 0.667. The van der Waals surface area contributed by atoms with Crippen molar-refractivity contribution in [2.45, 2.75) is 26.8 Å². The second kappa shape index (κ2) is 5.90. The first-order chi connectivity index (χ1) is 8.00. The van der Waals surface area contributed by atoms with E-state index in [0.717, 1.165) is 5.56 Å². The third kappa shape index (κ3) is 3.92. The van der Waals surface area contributed by atoms with Crippen molar-refractivity contribution in [3.63, 3.8) is 0 Å². The Hall–Kier alpha value is -1.24. The van der Waals surface area contributed by atoms with Gasteiger partial charge in [-0.15, -0.1) is 0 Å². The highest BCUT2D eigenvalue weighted by atomic mass is 35.5. The Morgan fingerprint density at radius 3 is 2.76 bits per heavy atom. The number of nitrogens with zero attached hydrogens (tertiary/aromatic N) is 1. The van der Waals surface area contributed by atoms with Gasteiger partial charge in [0.05, 0.1) is 18.1 Å². The van der Waals surface area contributed by atoms with Crippen LogP contribution in [-0.2, 0) is 6.54 Å². The van der Waals surface area contributed by atoms with Crippen LogP contribution in [0.3, 0.4) is 0 Å². The third-order valence-electron chi connectivity index (χ3n) is 2.57. The molecule has 0 aromatic heterocycles. The minimum Gasteiger partial charge on any atom is -0.493 e. The number of benzene rings is 1. The van der Waals surface area contributed by atoms with Gasteiger partial charge in [0.15, 0.2) is 0 Å². The molecule has 0 unspecified atom stereocenters. The Labute approximate surface area is 107 Å². The Morgan fingerprint density at radius 2 is 2.18 bits per heavy atom. The van der Waals surface area contributed by atoms with Crippen LogP contribution < -0.4 is 10.5 Å². The maximum Gasteiger partial charge on any atom is 0.125 e. The summed E-state index contributed by atoms with van der Waals surface area (Å²) >= 11 is 6.01. The molecule has 0 saturated heterocycles. The topological polar surface area (TPSA) is 59.0 Å². The van der Waals surface area contributed by atoms with E-state index in [9.17, 15) is 0 Å². The predicted molar refractivity (Wildman–Crippen MR) is 68.8 cm³/mol. The summed E-state index contributed by atoms with van der Waals surface area (Å²) in [5, 5.41) is 9.50. The van der Waals surface area contributed by atoms with E-state index in [-0.39, 0.29) is 5.41 Å². The van der Waals surface area contributed by atoms with E-state index in [4.69, 9.17) is 27.3 Å². The van der Waals surface area contributed by atoms with E-state index in [1.54, 1.807) is 6.07 Å².